The smallest absolute Gasteiger partial charge is 0.232 e. The number of hydrogen-bond donors (Lipinski definition) is 1. The van der Waals surface area contributed by atoms with Gasteiger partial charge < -0.3 is 10.1 Å². The third-order valence-electron chi connectivity index (χ3n) is 3.98. The Morgan fingerprint density at radius 1 is 1.14 bits per heavy atom. The predicted octanol–water partition coefficient (Wildman–Crippen LogP) is 3.99. The topological polar surface area (TPSA) is 75.7 Å². The molecule has 0 aliphatic carbocycles. The predicted molar refractivity (Wildman–Crippen MR) is 116 cm³/mol. The molecule has 1 N–H and O–H groups in total. The van der Waals surface area contributed by atoms with Crippen molar-refractivity contribution in [3.63, 3.8) is 0 Å². The molecular formula is C20H26N2O4S2. The average Bonchev–Trinajstić information content (AvgIpc) is 2.66. The lowest BCUT2D eigenvalue weighted by Gasteiger charge is -2.22. The standard InChI is InChI=1S/C20H26N2O4S2/c1-4-26-17-13-11-16(12-14-17)22(28(3,24)25)15-7-10-20(23)21-18-8-5-6-9-19(18)27-2/h5-6,8-9,11-14H,4,7,10,15H2,1-3H3,(H,21,23). The van der Waals surface area contributed by atoms with Gasteiger partial charge in [0, 0.05) is 17.9 Å². The fraction of sp³-hybridized carbons (Fsp3) is 0.350. The fourth-order valence-corrected chi connectivity index (χ4v) is 4.22. The van der Waals surface area contributed by atoms with Crippen LogP contribution in [0, 0.1) is 0 Å². The van der Waals surface area contributed by atoms with E-state index in [0.29, 0.717) is 24.5 Å². The van der Waals surface area contributed by atoms with Gasteiger partial charge in [-0.05, 0) is 56.0 Å². The first-order valence-corrected chi connectivity index (χ1v) is 12.1. The van der Waals surface area contributed by atoms with Crippen LogP contribution in [0.25, 0.3) is 0 Å². The molecule has 0 bridgehead atoms. The number of hydrogen-bond acceptors (Lipinski definition) is 5. The summed E-state index contributed by atoms with van der Waals surface area (Å²) < 4.78 is 31.1. The Bertz CT molecular complexity index is 883. The van der Waals surface area contributed by atoms with Gasteiger partial charge in [-0.3, -0.25) is 9.10 Å². The zero-order valence-corrected chi connectivity index (χ0v) is 18.0. The molecule has 0 saturated heterocycles. The van der Waals surface area contributed by atoms with Gasteiger partial charge in [0.2, 0.25) is 15.9 Å². The second-order valence-electron chi connectivity index (χ2n) is 6.11. The van der Waals surface area contributed by atoms with Gasteiger partial charge in [-0.2, -0.15) is 0 Å². The van der Waals surface area contributed by atoms with Crippen LogP contribution in [0.15, 0.2) is 53.4 Å². The number of thioether (sulfide) groups is 1. The van der Waals surface area contributed by atoms with E-state index >= 15 is 0 Å². The lowest BCUT2D eigenvalue weighted by Crippen LogP contribution is -2.31. The van der Waals surface area contributed by atoms with E-state index in [1.807, 2.05) is 37.4 Å². The summed E-state index contributed by atoms with van der Waals surface area (Å²) in [6.45, 7) is 2.66. The van der Waals surface area contributed by atoms with E-state index in [1.54, 1.807) is 36.0 Å². The molecule has 0 fully saturated rings. The number of rotatable bonds is 10. The highest BCUT2D eigenvalue weighted by atomic mass is 32.2. The Labute approximate surface area is 171 Å². The summed E-state index contributed by atoms with van der Waals surface area (Å²) in [6.07, 6.45) is 3.75. The van der Waals surface area contributed by atoms with Crippen LogP contribution >= 0.6 is 11.8 Å². The highest BCUT2D eigenvalue weighted by Gasteiger charge is 2.18. The first-order chi connectivity index (χ1) is 13.3. The fourth-order valence-electron chi connectivity index (χ4n) is 2.71. The molecule has 2 rings (SSSR count). The average molecular weight is 423 g/mol. The van der Waals surface area contributed by atoms with Crippen LogP contribution in [0.3, 0.4) is 0 Å². The summed E-state index contributed by atoms with van der Waals surface area (Å²) in [5.41, 5.74) is 1.32. The van der Waals surface area contributed by atoms with Crippen molar-refractivity contribution >= 4 is 39.1 Å². The number of amides is 1. The van der Waals surface area contributed by atoms with Crippen LogP contribution < -0.4 is 14.4 Å². The van der Waals surface area contributed by atoms with E-state index in [0.717, 1.165) is 16.8 Å². The first-order valence-electron chi connectivity index (χ1n) is 8.98. The number of carbonyl (C=O) groups is 1. The van der Waals surface area contributed by atoms with E-state index in [9.17, 15) is 13.2 Å². The van der Waals surface area contributed by atoms with Gasteiger partial charge in [-0.1, -0.05) is 12.1 Å². The summed E-state index contributed by atoms with van der Waals surface area (Å²) in [5.74, 6) is 0.549. The molecule has 0 aliphatic heterocycles. The molecule has 0 unspecified atom stereocenters. The monoisotopic (exact) mass is 422 g/mol. The van der Waals surface area contributed by atoms with Crippen LogP contribution in [-0.2, 0) is 14.8 Å². The number of nitrogens with zero attached hydrogens (tertiary/aromatic N) is 1. The molecule has 8 heteroatoms. The van der Waals surface area contributed by atoms with Crippen molar-refractivity contribution in [1.82, 2.24) is 0 Å². The molecule has 0 heterocycles. The minimum absolute atomic E-state index is 0.137. The molecule has 0 radical (unpaired) electrons. The maximum Gasteiger partial charge on any atom is 0.232 e. The molecule has 0 atom stereocenters. The maximum atomic E-state index is 12.3. The van der Waals surface area contributed by atoms with Crippen LogP contribution in [-0.4, -0.2) is 40.0 Å². The van der Waals surface area contributed by atoms with Crippen LogP contribution in [0.5, 0.6) is 5.75 Å². The number of para-hydroxylation sites is 1. The Kier molecular flexibility index (Phi) is 8.19. The molecular weight excluding hydrogens is 396 g/mol. The molecule has 2 aromatic carbocycles. The third kappa shape index (κ3) is 6.45. The van der Waals surface area contributed by atoms with E-state index in [1.165, 1.54) is 4.31 Å². The lowest BCUT2D eigenvalue weighted by atomic mass is 10.2. The van der Waals surface area contributed by atoms with Crippen molar-refractivity contribution < 1.29 is 17.9 Å². The molecule has 28 heavy (non-hydrogen) atoms. The number of sulfonamides is 1. The van der Waals surface area contributed by atoms with Crippen molar-refractivity contribution in [1.29, 1.82) is 0 Å². The number of carbonyl (C=O) groups excluding carboxylic acids is 1. The van der Waals surface area contributed by atoms with Gasteiger partial charge in [-0.15, -0.1) is 11.8 Å². The van der Waals surface area contributed by atoms with Gasteiger partial charge in [0.1, 0.15) is 5.75 Å². The molecule has 0 aliphatic rings. The highest BCUT2D eigenvalue weighted by molar-refractivity contribution is 7.98. The largest absolute Gasteiger partial charge is 0.494 e. The molecule has 6 nitrogen and oxygen atoms in total. The van der Waals surface area contributed by atoms with Gasteiger partial charge in [0.05, 0.1) is 24.2 Å². The normalized spacial score (nSPS) is 11.1. The van der Waals surface area contributed by atoms with Crippen LogP contribution in [0.4, 0.5) is 11.4 Å². The van der Waals surface area contributed by atoms with Gasteiger partial charge >= 0.3 is 0 Å². The third-order valence-corrected chi connectivity index (χ3v) is 5.97. The van der Waals surface area contributed by atoms with E-state index in [-0.39, 0.29) is 18.9 Å². The van der Waals surface area contributed by atoms with Gasteiger partial charge in [0.15, 0.2) is 0 Å². The summed E-state index contributed by atoms with van der Waals surface area (Å²) >= 11 is 1.56. The van der Waals surface area contributed by atoms with Gasteiger partial charge in [0.25, 0.3) is 0 Å². The van der Waals surface area contributed by atoms with Crippen molar-refractivity contribution in [2.24, 2.45) is 0 Å². The molecule has 0 aromatic heterocycles. The van der Waals surface area contributed by atoms with Gasteiger partial charge in [-0.25, -0.2) is 8.42 Å². The second-order valence-corrected chi connectivity index (χ2v) is 8.87. The zero-order chi connectivity index (χ0) is 20.6. The number of ether oxygens (including phenoxy) is 1. The zero-order valence-electron chi connectivity index (χ0n) is 16.3. The minimum Gasteiger partial charge on any atom is -0.494 e. The maximum absolute atomic E-state index is 12.3. The van der Waals surface area contributed by atoms with E-state index in [2.05, 4.69) is 5.32 Å². The SMILES string of the molecule is CCOc1ccc(N(CCCC(=O)Nc2ccccc2SC)S(C)(=O)=O)cc1. The lowest BCUT2D eigenvalue weighted by molar-refractivity contribution is -0.116. The number of anilines is 2. The first kappa shape index (κ1) is 22.1. The van der Waals surface area contributed by atoms with E-state index < -0.39 is 10.0 Å². The van der Waals surface area contributed by atoms with Crippen LogP contribution in [0.1, 0.15) is 19.8 Å². The molecule has 1 amide bonds. The Balaban J connectivity index is 1.97. The minimum atomic E-state index is -3.45. The molecule has 0 spiro atoms. The van der Waals surface area contributed by atoms with Crippen molar-refractivity contribution in [2.45, 2.75) is 24.7 Å². The van der Waals surface area contributed by atoms with Crippen molar-refractivity contribution in [3.8, 4) is 5.75 Å². The second kappa shape index (κ2) is 10.4. The van der Waals surface area contributed by atoms with Crippen LogP contribution in [0.2, 0.25) is 0 Å². The number of benzene rings is 2. The Morgan fingerprint density at radius 3 is 2.43 bits per heavy atom. The van der Waals surface area contributed by atoms with Crippen molar-refractivity contribution in [3.05, 3.63) is 48.5 Å². The highest BCUT2D eigenvalue weighted by Crippen LogP contribution is 2.25. The van der Waals surface area contributed by atoms with Crippen molar-refractivity contribution in [2.75, 3.05) is 35.3 Å². The Morgan fingerprint density at radius 2 is 1.82 bits per heavy atom. The summed E-state index contributed by atoms with van der Waals surface area (Å²) in [7, 11) is -3.45. The number of nitrogens with one attached hydrogen (secondary N) is 1. The molecule has 2 aromatic rings. The molecule has 152 valence electrons. The summed E-state index contributed by atoms with van der Waals surface area (Å²) in [6, 6.07) is 14.5. The quantitative estimate of drug-likeness (QED) is 0.586. The molecule has 0 saturated carbocycles. The summed E-state index contributed by atoms with van der Waals surface area (Å²) in [5, 5.41) is 2.89. The van der Waals surface area contributed by atoms with E-state index in [4.69, 9.17) is 4.74 Å². The summed E-state index contributed by atoms with van der Waals surface area (Å²) in [4.78, 5) is 13.2. The Hall–Kier alpha value is -2.19.